The van der Waals surface area contributed by atoms with Gasteiger partial charge >= 0.3 is 0 Å². The van der Waals surface area contributed by atoms with E-state index in [4.69, 9.17) is 4.84 Å². The van der Waals surface area contributed by atoms with Crippen LogP contribution in [0.15, 0.2) is 48.5 Å². The minimum absolute atomic E-state index is 0.140. The van der Waals surface area contributed by atoms with Gasteiger partial charge < -0.3 is 0 Å². The monoisotopic (exact) mass is 243 g/mol. The van der Waals surface area contributed by atoms with Gasteiger partial charge in [0, 0.05) is 12.1 Å². The normalized spacial score (nSPS) is 14.7. The van der Waals surface area contributed by atoms with Crippen molar-refractivity contribution < 1.29 is 9.23 Å². The van der Waals surface area contributed by atoms with Crippen molar-refractivity contribution >= 4 is 0 Å². The zero-order chi connectivity index (χ0) is 12.4. The van der Waals surface area contributed by atoms with E-state index in [2.05, 4.69) is 0 Å². The highest BCUT2D eigenvalue weighted by molar-refractivity contribution is 5.31. The minimum atomic E-state index is -0.140. The lowest BCUT2D eigenvalue weighted by Crippen LogP contribution is -2.16. The van der Waals surface area contributed by atoms with Gasteiger partial charge in [-0.05, 0) is 17.2 Å². The maximum absolute atomic E-state index is 13.5. The number of rotatable bonds is 3. The highest BCUT2D eigenvalue weighted by atomic mass is 19.1. The second-order valence-corrected chi connectivity index (χ2v) is 4.43. The first-order valence-corrected chi connectivity index (χ1v) is 6.01. The average molecular weight is 243 g/mol. The molecule has 0 spiro atoms. The van der Waals surface area contributed by atoms with Crippen molar-refractivity contribution in [2.45, 2.75) is 19.7 Å². The molecule has 0 saturated heterocycles. The van der Waals surface area contributed by atoms with E-state index in [1.807, 2.05) is 36.4 Å². The number of hydrogen-bond acceptors (Lipinski definition) is 2. The fourth-order valence-electron chi connectivity index (χ4n) is 2.18. The predicted molar refractivity (Wildman–Crippen MR) is 66.9 cm³/mol. The van der Waals surface area contributed by atoms with Gasteiger partial charge in [-0.2, -0.15) is 5.06 Å². The summed E-state index contributed by atoms with van der Waals surface area (Å²) in [6.07, 6.45) is 0. The minimum Gasteiger partial charge on any atom is -0.294 e. The average Bonchev–Trinajstić information content (AvgIpc) is 2.82. The molecule has 92 valence electrons. The molecular formula is C15H14FNO. The molecule has 2 aromatic rings. The Morgan fingerprint density at radius 1 is 1.00 bits per heavy atom. The molecule has 0 saturated carbocycles. The van der Waals surface area contributed by atoms with Crippen LogP contribution in [-0.4, -0.2) is 5.06 Å². The van der Waals surface area contributed by atoms with Crippen LogP contribution in [0.2, 0.25) is 0 Å². The SMILES string of the molecule is Fc1cccc2c1CN(OCc1ccccc1)C2. The molecule has 0 bridgehead atoms. The molecule has 18 heavy (non-hydrogen) atoms. The third kappa shape index (κ3) is 2.28. The van der Waals surface area contributed by atoms with Crippen LogP contribution in [0, 0.1) is 5.82 Å². The summed E-state index contributed by atoms with van der Waals surface area (Å²) in [5.74, 6) is -0.140. The zero-order valence-corrected chi connectivity index (χ0v) is 9.97. The van der Waals surface area contributed by atoms with Crippen LogP contribution in [0.25, 0.3) is 0 Å². The second kappa shape index (κ2) is 4.88. The lowest BCUT2D eigenvalue weighted by Gasteiger charge is -2.14. The van der Waals surface area contributed by atoms with E-state index in [0.717, 1.165) is 16.7 Å². The number of halogens is 1. The third-order valence-corrected chi connectivity index (χ3v) is 3.15. The summed E-state index contributed by atoms with van der Waals surface area (Å²) in [4.78, 5) is 5.69. The lowest BCUT2D eigenvalue weighted by molar-refractivity contribution is -0.176. The zero-order valence-electron chi connectivity index (χ0n) is 9.97. The lowest BCUT2D eigenvalue weighted by atomic mass is 10.1. The highest BCUT2D eigenvalue weighted by Crippen LogP contribution is 2.25. The molecule has 0 fully saturated rings. The summed E-state index contributed by atoms with van der Waals surface area (Å²) in [6, 6.07) is 15.2. The van der Waals surface area contributed by atoms with Gasteiger partial charge in [0.1, 0.15) is 5.82 Å². The Hall–Kier alpha value is -1.71. The Balaban J connectivity index is 1.63. The Morgan fingerprint density at radius 3 is 2.61 bits per heavy atom. The fourth-order valence-corrected chi connectivity index (χ4v) is 2.18. The van der Waals surface area contributed by atoms with Crippen LogP contribution < -0.4 is 0 Å². The van der Waals surface area contributed by atoms with Crippen molar-refractivity contribution in [3.8, 4) is 0 Å². The first kappa shape index (κ1) is 11.4. The largest absolute Gasteiger partial charge is 0.294 e. The van der Waals surface area contributed by atoms with Crippen molar-refractivity contribution in [1.82, 2.24) is 5.06 Å². The van der Waals surface area contributed by atoms with Crippen LogP contribution in [0.1, 0.15) is 16.7 Å². The van der Waals surface area contributed by atoms with Crippen LogP contribution in [0.4, 0.5) is 4.39 Å². The molecule has 0 unspecified atom stereocenters. The molecule has 0 amide bonds. The first-order valence-electron chi connectivity index (χ1n) is 6.01. The smallest absolute Gasteiger partial charge is 0.128 e. The first-order chi connectivity index (χ1) is 8.83. The number of nitrogens with zero attached hydrogens (tertiary/aromatic N) is 1. The third-order valence-electron chi connectivity index (χ3n) is 3.15. The standard InChI is InChI=1S/C15H14FNO/c16-15-8-4-7-13-9-17(10-14(13)15)18-11-12-5-2-1-3-6-12/h1-8H,9-11H2. The molecule has 0 radical (unpaired) electrons. The van der Waals surface area contributed by atoms with Crippen LogP contribution in [-0.2, 0) is 24.5 Å². The Morgan fingerprint density at radius 2 is 1.83 bits per heavy atom. The summed E-state index contributed by atoms with van der Waals surface area (Å²) in [6.45, 7) is 1.70. The van der Waals surface area contributed by atoms with Gasteiger partial charge in [-0.15, -0.1) is 0 Å². The molecule has 2 nitrogen and oxygen atoms in total. The molecular weight excluding hydrogens is 229 g/mol. The maximum atomic E-state index is 13.5. The molecule has 0 atom stereocenters. The molecule has 1 aliphatic heterocycles. The maximum Gasteiger partial charge on any atom is 0.128 e. The van der Waals surface area contributed by atoms with Gasteiger partial charge in [-0.1, -0.05) is 42.5 Å². The predicted octanol–water partition coefficient (Wildman–Crippen LogP) is 3.27. The van der Waals surface area contributed by atoms with Gasteiger partial charge in [0.15, 0.2) is 0 Å². The fraction of sp³-hybridized carbons (Fsp3) is 0.200. The van der Waals surface area contributed by atoms with Crippen LogP contribution >= 0.6 is 0 Å². The number of hydrogen-bond donors (Lipinski definition) is 0. The van der Waals surface area contributed by atoms with Crippen LogP contribution in [0.5, 0.6) is 0 Å². The van der Waals surface area contributed by atoms with E-state index in [1.165, 1.54) is 6.07 Å². The van der Waals surface area contributed by atoms with E-state index in [1.54, 1.807) is 11.1 Å². The molecule has 0 aromatic heterocycles. The van der Waals surface area contributed by atoms with E-state index >= 15 is 0 Å². The van der Waals surface area contributed by atoms with E-state index in [-0.39, 0.29) is 5.82 Å². The number of hydroxylamine groups is 2. The van der Waals surface area contributed by atoms with E-state index < -0.39 is 0 Å². The van der Waals surface area contributed by atoms with Gasteiger partial charge in [0.2, 0.25) is 0 Å². The van der Waals surface area contributed by atoms with Crippen molar-refractivity contribution in [2.75, 3.05) is 0 Å². The molecule has 1 aliphatic rings. The molecule has 0 N–H and O–H groups in total. The van der Waals surface area contributed by atoms with Crippen molar-refractivity contribution in [3.63, 3.8) is 0 Å². The number of benzene rings is 2. The summed E-state index contributed by atoms with van der Waals surface area (Å²) in [5, 5.41) is 1.81. The van der Waals surface area contributed by atoms with Crippen molar-refractivity contribution in [1.29, 1.82) is 0 Å². The molecule has 1 heterocycles. The van der Waals surface area contributed by atoms with Gasteiger partial charge in [-0.3, -0.25) is 4.84 Å². The summed E-state index contributed by atoms with van der Waals surface area (Å²) in [7, 11) is 0. The Bertz CT molecular complexity index is 541. The Labute approximate surface area is 106 Å². The van der Waals surface area contributed by atoms with Gasteiger partial charge in [-0.25, -0.2) is 4.39 Å². The molecule has 3 rings (SSSR count). The van der Waals surface area contributed by atoms with E-state index in [0.29, 0.717) is 19.7 Å². The Kier molecular flexibility index (Phi) is 3.09. The van der Waals surface area contributed by atoms with E-state index in [9.17, 15) is 4.39 Å². The molecule has 3 heteroatoms. The topological polar surface area (TPSA) is 12.5 Å². The summed E-state index contributed by atoms with van der Waals surface area (Å²) in [5.41, 5.74) is 2.89. The highest BCUT2D eigenvalue weighted by Gasteiger charge is 2.22. The summed E-state index contributed by atoms with van der Waals surface area (Å²) >= 11 is 0. The molecule has 2 aromatic carbocycles. The van der Waals surface area contributed by atoms with Crippen LogP contribution in [0.3, 0.4) is 0 Å². The van der Waals surface area contributed by atoms with Crippen molar-refractivity contribution in [2.24, 2.45) is 0 Å². The molecule has 0 aliphatic carbocycles. The van der Waals surface area contributed by atoms with Gasteiger partial charge in [0.25, 0.3) is 0 Å². The quantitative estimate of drug-likeness (QED) is 0.820. The van der Waals surface area contributed by atoms with Crippen molar-refractivity contribution in [3.05, 3.63) is 71.0 Å². The van der Waals surface area contributed by atoms with Gasteiger partial charge in [0.05, 0.1) is 13.2 Å². The second-order valence-electron chi connectivity index (χ2n) is 4.43. The number of fused-ring (bicyclic) bond motifs is 1. The summed E-state index contributed by atoms with van der Waals surface area (Å²) < 4.78 is 13.5.